The van der Waals surface area contributed by atoms with Gasteiger partial charge in [0.05, 0.1) is 47.3 Å². The molecule has 73 heavy (non-hydrogen) atoms. The summed E-state index contributed by atoms with van der Waals surface area (Å²) in [5, 5.41) is 22.1. The number of piperazine rings is 2. The van der Waals surface area contributed by atoms with E-state index < -0.39 is 5.82 Å². The van der Waals surface area contributed by atoms with Gasteiger partial charge in [-0.15, -0.1) is 0 Å². The van der Waals surface area contributed by atoms with Crippen LogP contribution in [0, 0.1) is 18.7 Å². The zero-order valence-electron chi connectivity index (χ0n) is 42.0. The number of nitrogens with zero attached hydrogens (tertiary/aromatic N) is 9. The van der Waals surface area contributed by atoms with Crippen LogP contribution in [0.25, 0.3) is 21.9 Å². The summed E-state index contributed by atoms with van der Waals surface area (Å²) in [7, 11) is 2.00. The van der Waals surface area contributed by atoms with Crippen LogP contribution < -0.4 is 16.2 Å². The van der Waals surface area contributed by atoms with Crippen LogP contribution in [0.3, 0.4) is 0 Å². The summed E-state index contributed by atoms with van der Waals surface area (Å²) in [5.41, 5.74) is 6.71. The van der Waals surface area contributed by atoms with E-state index in [1.165, 1.54) is 11.6 Å². The third kappa shape index (κ3) is 13.9. The maximum Gasteiger partial charge on any atom is 0.274 e. The van der Waals surface area contributed by atoms with Gasteiger partial charge in [-0.2, -0.15) is 15.3 Å². The number of hydrogen-bond acceptors (Lipinski definition) is 13. The maximum absolute atomic E-state index is 14.4. The largest absolute Gasteiger partial charge is 0.336 e. The Bertz CT molecular complexity index is 2950. The van der Waals surface area contributed by atoms with Crippen LogP contribution in [0.4, 0.5) is 10.1 Å². The highest BCUT2D eigenvalue weighted by Crippen LogP contribution is 2.27. The number of aromatic amines is 1. The van der Waals surface area contributed by atoms with Crippen LogP contribution in [0.15, 0.2) is 96.1 Å². The van der Waals surface area contributed by atoms with E-state index in [2.05, 4.69) is 69.8 Å². The van der Waals surface area contributed by atoms with Gasteiger partial charge in [-0.1, -0.05) is 55.5 Å². The zero-order chi connectivity index (χ0) is 51.3. The second-order valence-electron chi connectivity index (χ2n) is 19.2. The Morgan fingerprint density at radius 1 is 0.795 bits per heavy atom. The third-order valence-corrected chi connectivity index (χ3v) is 13.9. The SMILES string of the molecule is CCc1cccc(-c2cnc(C(=O)N3CCN(CC4CCN(CC=O)CC4)CC3)c(NC(=O)CNCc3cc(C)cnn3)c2)c1.CN1CCN(C(=O)c2cc(Cc3n[nH]c(=O)c4ccccc34)ccc2F)CC1. The quantitative estimate of drug-likeness (QED) is 0.119. The van der Waals surface area contributed by atoms with Crippen molar-refractivity contribution in [2.24, 2.45) is 5.92 Å². The van der Waals surface area contributed by atoms with Gasteiger partial charge in [0.25, 0.3) is 17.4 Å². The van der Waals surface area contributed by atoms with Gasteiger partial charge in [-0.25, -0.2) is 14.5 Å². The van der Waals surface area contributed by atoms with Crippen LogP contribution in [0.2, 0.25) is 0 Å². The lowest BCUT2D eigenvalue weighted by Crippen LogP contribution is -2.50. The Morgan fingerprint density at radius 3 is 2.27 bits per heavy atom. The minimum atomic E-state index is -0.521. The molecule has 3 aromatic carbocycles. The Morgan fingerprint density at radius 2 is 1.53 bits per heavy atom. The van der Waals surface area contributed by atoms with Crippen molar-refractivity contribution in [2.45, 2.75) is 46.1 Å². The first kappa shape index (κ1) is 52.2. The minimum absolute atomic E-state index is 0.0472. The van der Waals surface area contributed by atoms with Crippen molar-refractivity contribution >= 4 is 40.5 Å². The van der Waals surface area contributed by atoms with Gasteiger partial charge in [0.2, 0.25) is 5.91 Å². The first-order valence-corrected chi connectivity index (χ1v) is 25.2. The first-order valence-electron chi connectivity index (χ1n) is 25.2. The van der Waals surface area contributed by atoms with Crippen molar-refractivity contribution in [3.63, 3.8) is 0 Å². The van der Waals surface area contributed by atoms with Gasteiger partial charge in [0.15, 0.2) is 5.69 Å². The van der Waals surface area contributed by atoms with Crippen molar-refractivity contribution in [3.05, 3.63) is 147 Å². The molecule has 0 spiro atoms. The second-order valence-corrected chi connectivity index (χ2v) is 19.2. The number of halogens is 1. The molecule has 3 N–H and O–H groups in total. The van der Waals surface area contributed by atoms with Gasteiger partial charge in [0.1, 0.15) is 12.1 Å². The third-order valence-electron chi connectivity index (χ3n) is 13.9. The molecule has 3 aliphatic heterocycles. The number of carbonyl (C=O) groups is 4. The van der Waals surface area contributed by atoms with E-state index in [9.17, 15) is 28.4 Å². The highest BCUT2D eigenvalue weighted by Gasteiger charge is 2.29. The van der Waals surface area contributed by atoms with Crippen LogP contribution in [-0.2, 0) is 29.0 Å². The summed E-state index contributed by atoms with van der Waals surface area (Å²) in [6.07, 6.45) is 7.89. The van der Waals surface area contributed by atoms with Gasteiger partial charge in [0, 0.05) is 89.0 Å². The van der Waals surface area contributed by atoms with E-state index in [4.69, 9.17) is 0 Å². The number of rotatable bonds is 15. The van der Waals surface area contributed by atoms with Gasteiger partial charge in [-0.3, -0.25) is 29.0 Å². The summed E-state index contributed by atoms with van der Waals surface area (Å²) in [6.45, 7) is 13.5. The number of amides is 3. The number of aryl methyl sites for hydroxylation is 2. The molecule has 18 heteroatoms. The molecule has 17 nitrogen and oxygen atoms in total. The number of benzene rings is 3. The number of hydrogen-bond donors (Lipinski definition) is 3. The molecule has 3 fully saturated rings. The maximum atomic E-state index is 14.4. The average molecular weight is 993 g/mol. The monoisotopic (exact) mass is 993 g/mol. The van der Waals surface area contributed by atoms with E-state index in [-0.39, 0.29) is 41.1 Å². The molecule has 0 saturated carbocycles. The molecule has 9 rings (SSSR count). The molecule has 0 unspecified atom stereocenters. The fourth-order valence-electron chi connectivity index (χ4n) is 9.60. The predicted molar refractivity (Wildman–Crippen MR) is 279 cm³/mol. The van der Waals surface area contributed by atoms with E-state index in [1.54, 1.807) is 41.6 Å². The lowest BCUT2D eigenvalue weighted by atomic mass is 9.96. The topological polar surface area (TPSA) is 193 Å². The molecule has 0 atom stereocenters. The number of piperidine rings is 1. The summed E-state index contributed by atoms with van der Waals surface area (Å²) in [4.78, 5) is 77.4. The van der Waals surface area contributed by atoms with Gasteiger partial charge in [-0.05, 0) is 105 Å². The highest BCUT2D eigenvalue weighted by atomic mass is 19.1. The van der Waals surface area contributed by atoms with Crippen LogP contribution >= 0.6 is 0 Å². The van der Waals surface area contributed by atoms with Crippen LogP contribution in [0.1, 0.15) is 68.7 Å². The number of aromatic nitrogens is 5. The number of anilines is 1. The van der Waals surface area contributed by atoms with Crippen LogP contribution in [0.5, 0.6) is 0 Å². The smallest absolute Gasteiger partial charge is 0.274 e. The van der Waals surface area contributed by atoms with Crippen molar-refractivity contribution in [3.8, 4) is 11.1 Å². The van der Waals surface area contributed by atoms with E-state index in [0.717, 1.165) is 105 Å². The number of fused-ring (bicyclic) bond motifs is 1. The molecule has 3 aliphatic rings. The Hall–Kier alpha value is -7.12. The molecule has 6 heterocycles. The number of likely N-dealkylation sites (N-methyl/N-ethyl adjacent to an activating group) is 1. The molecule has 0 bridgehead atoms. The van der Waals surface area contributed by atoms with Crippen molar-refractivity contribution < 1.29 is 23.6 Å². The summed E-state index contributed by atoms with van der Waals surface area (Å²) >= 11 is 0. The molecule has 0 radical (unpaired) electrons. The van der Waals surface area contributed by atoms with E-state index in [1.807, 2.05) is 55.3 Å². The summed E-state index contributed by atoms with van der Waals surface area (Å²) in [6, 6.07) is 23.8. The Balaban J connectivity index is 0.000000217. The summed E-state index contributed by atoms with van der Waals surface area (Å²) < 4.78 is 14.4. The van der Waals surface area contributed by atoms with Crippen LogP contribution in [-0.4, -0.2) is 166 Å². The molecule has 3 amide bonds. The molecule has 0 aliphatic carbocycles. The Labute approximate surface area is 425 Å². The highest BCUT2D eigenvalue weighted by molar-refractivity contribution is 6.03. The van der Waals surface area contributed by atoms with Crippen molar-refractivity contribution in [1.29, 1.82) is 0 Å². The lowest BCUT2D eigenvalue weighted by Gasteiger charge is -2.38. The predicted octanol–water partition coefficient (Wildman–Crippen LogP) is 4.85. The number of carbonyl (C=O) groups excluding carboxylic acids is 4. The lowest BCUT2D eigenvalue weighted by molar-refractivity contribution is -0.115. The standard InChI is InChI=1S/C34H44N8O3.C21H21FN4O2/c1-3-26-5-4-6-28(18-26)29-19-31(38-32(44)23-35-22-30-17-25(2)20-37-39-30)33(36-21-29)34(45)42-13-11-41(12-14-42)24-27-7-9-40(10-8-27)15-16-43;1-25-8-10-26(11-9-25)21(28)17-12-14(6-7-18(17)22)13-19-15-4-2-3-5-16(15)20(27)24-23-19/h4-6,16-21,27,35H,3,7-15,22-24H2,1-2H3,(H,38,44);2-7,12H,8-11,13H2,1H3,(H,24,27). The fraction of sp³-hybridized carbons (Fsp3) is 0.400. The number of pyridine rings is 1. The number of nitrogens with one attached hydrogen (secondary N) is 3. The van der Waals surface area contributed by atoms with Crippen molar-refractivity contribution in [1.82, 2.24) is 55.2 Å². The average Bonchev–Trinajstić information content (AvgIpc) is 3.41. The normalized spacial score (nSPS) is 15.9. The van der Waals surface area contributed by atoms with Gasteiger partial charge < -0.3 is 30.1 Å². The molecule has 382 valence electrons. The molecule has 3 saturated heterocycles. The fourth-order valence-corrected chi connectivity index (χ4v) is 9.60. The van der Waals surface area contributed by atoms with E-state index >= 15 is 0 Å². The number of aldehydes is 1. The first-order chi connectivity index (χ1) is 35.4. The molecule has 6 aromatic rings. The second kappa shape index (κ2) is 25.0. The molecular formula is C55H65FN12O5. The van der Waals surface area contributed by atoms with Crippen molar-refractivity contribution in [2.75, 3.05) is 97.4 Å². The van der Waals surface area contributed by atoms with Gasteiger partial charge >= 0.3 is 0 Å². The Kier molecular flexibility index (Phi) is 17.9. The van der Waals surface area contributed by atoms with E-state index in [0.29, 0.717) is 68.4 Å². The number of likely N-dealkylation sites (tertiary alicyclic amines) is 1. The zero-order valence-corrected chi connectivity index (χ0v) is 42.0. The molecular weight excluding hydrogens is 928 g/mol. The summed E-state index contributed by atoms with van der Waals surface area (Å²) in [5.74, 6) is -0.637. The minimum Gasteiger partial charge on any atom is -0.336 e. The number of H-pyrrole nitrogens is 1. The molecule has 3 aromatic heterocycles.